The van der Waals surface area contributed by atoms with Gasteiger partial charge in [-0.3, -0.25) is 24.8 Å². The van der Waals surface area contributed by atoms with E-state index in [1.54, 1.807) is 48.3 Å². The minimum atomic E-state index is -0.884. The van der Waals surface area contributed by atoms with Crippen molar-refractivity contribution in [1.29, 1.82) is 0 Å². The Balaban J connectivity index is 1.44. The summed E-state index contributed by atoms with van der Waals surface area (Å²) >= 11 is 0. The maximum atomic E-state index is 13.5. The first-order valence-electron chi connectivity index (χ1n) is 15.2. The number of nitrogens with zero attached hydrogens (tertiary/aromatic N) is 3. The second kappa shape index (κ2) is 15.6. The number of hydrogen-bond donors (Lipinski definition) is 4. The van der Waals surface area contributed by atoms with Crippen molar-refractivity contribution in [2.75, 3.05) is 27.2 Å². The number of aliphatic hydroxyl groups is 1. The molecule has 1 aromatic heterocycles. The molecule has 10 nitrogen and oxygen atoms in total. The molecule has 3 amide bonds. The molecular weight excluding hydrogens is 556 g/mol. The summed E-state index contributed by atoms with van der Waals surface area (Å²) < 4.78 is 0. The van der Waals surface area contributed by atoms with Crippen LogP contribution in [0.5, 0.6) is 0 Å². The first-order chi connectivity index (χ1) is 21.1. The van der Waals surface area contributed by atoms with Crippen LogP contribution in [0, 0.1) is 0 Å². The molecule has 0 radical (unpaired) electrons. The van der Waals surface area contributed by atoms with Crippen LogP contribution in [-0.2, 0) is 17.8 Å². The van der Waals surface area contributed by atoms with Crippen molar-refractivity contribution in [2.45, 2.75) is 63.8 Å². The number of amides is 3. The number of carbonyl (C=O) groups is 3. The minimum Gasteiger partial charge on any atom is -0.390 e. The Morgan fingerprint density at radius 2 is 1.75 bits per heavy atom. The van der Waals surface area contributed by atoms with Crippen LogP contribution in [0.2, 0.25) is 0 Å². The van der Waals surface area contributed by atoms with Crippen LogP contribution >= 0.6 is 0 Å². The van der Waals surface area contributed by atoms with Crippen molar-refractivity contribution in [1.82, 2.24) is 31.0 Å². The molecule has 0 aliphatic carbocycles. The van der Waals surface area contributed by atoms with Crippen molar-refractivity contribution in [3.63, 3.8) is 0 Å². The quantitative estimate of drug-likeness (QED) is 0.222. The third-order valence-electron chi connectivity index (χ3n) is 7.77. The summed E-state index contributed by atoms with van der Waals surface area (Å²) in [6.45, 7) is 5.50. The largest absolute Gasteiger partial charge is 0.390 e. The van der Waals surface area contributed by atoms with Gasteiger partial charge >= 0.3 is 0 Å². The van der Waals surface area contributed by atoms with E-state index >= 15 is 0 Å². The van der Waals surface area contributed by atoms with E-state index in [4.69, 9.17) is 0 Å². The zero-order chi connectivity index (χ0) is 31.6. The average Bonchev–Trinajstić information content (AvgIpc) is 3.51. The fourth-order valence-electron chi connectivity index (χ4n) is 5.37. The van der Waals surface area contributed by atoms with Crippen molar-refractivity contribution >= 4 is 17.7 Å². The summed E-state index contributed by atoms with van der Waals surface area (Å²) in [4.78, 5) is 45.5. The van der Waals surface area contributed by atoms with Crippen LogP contribution in [0.25, 0.3) is 0 Å². The van der Waals surface area contributed by atoms with E-state index in [0.29, 0.717) is 43.0 Å². The smallest absolute Gasteiger partial charge is 0.257 e. The van der Waals surface area contributed by atoms with Crippen LogP contribution in [0.1, 0.15) is 70.0 Å². The molecule has 3 unspecified atom stereocenters. The van der Waals surface area contributed by atoms with Gasteiger partial charge in [-0.15, -0.1) is 0 Å². The summed E-state index contributed by atoms with van der Waals surface area (Å²) in [7, 11) is 3.45. The van der Waals surface area contributed by atoms with Crippen LogP contribution < -0.4 is 16.1 Å². The molecular formula is C34H44N6O4. The molecule has 3 atom stereocenters. The van der Waals surface area contributed by atoms with E-state index in [1.807, 2.05) is 42.7 Å². The summed E-state index contributed by atoms with van der Waals surface area (Å²) in [6.07, 6.45) is 4.52. The van der Waals surface area contributed by atoms with Gasteiger partial charge in [-0.1, -0.05) is 56.3 Å². The zero-order valence-corrected chi connectivity index (χ0v) is 26.0. The Bertz CT molecular complexity index is 1410. The minimum absolute atomic E-state index is 0.231. The van der Waals surface area contributed by atoms with Gasteiger partial charge in [0.05, 0.1) is 12.1 Å². The fourth-order valence-corrected chi connectivity index (χ4v) is 5.37. The monoisotopic (exact) mass is 600 g/mol. The SMILES string of the molecule is CC(C)c1cncc(CNCC(O)C(Cc2ccccc2)NC(=O)c2cccc(C(=O)N3CCCC3C(=O)NN(C)C)c2)c1. The van der Waals surface area contributed by atoms with E-state index in [-0.39, 0.29) is 18.4 Å². The maximum absolute atomic E-state index is 13.5. The molecule has 3 aromatic rings. The van der Waals surface area contributed by atoms with Gasteiger partial charge in [-0.05, 0) is 60.1 Å². The molecule has 1 fully saturated rings. The number of hydrazine groups is 1. The van der Waals surface area contributed by atoms with Crippen molar-refractivity contribution in [3.05, 3.63) is 101 Å². The first-order valence-corrected chi connectivity index (χ1v) is 15.2. The molecule has 4 N–H and O–H groups in total. The second-order valence-corrected chi connectivity index (χ2v) is 11.9. The molecule has 0 bridgehead atoms. The molecule has 234 valence electrons. The standard InChI is InChI=1S/C34H44N6O4/c1-23(2)28-16-25(19-35-21-28)20-36-22-31(41)29(17-24-10-6-5-7-11-24)37-32(42)26-12-8-13-27(18-26)34(44)40-15-9-14-30(40)33(43)38-39(3)4/h5-8,10-13,16,18-19,21,23,29-31,36,41H,9,14-15,17,20,22H2,1-4H3,(H,37,42)(H,38,43). The topological polar surface area (TPSA) is 127 Å². The molecule has 4 rings (SSSR count). The van der Waals surface area contributed by atoms with Crippen LogP contribution in [0.3, 0.4) is 0 Å². The number of rotatable bonds is 13. The van der Waals surface area contributed by atoms with E-state index < -0.39 is 24.1 Å². The second-order valence-electron chi connectivity index (χ2n) is 11.9. The van der Waals surface area contributed by atoms with Crippen LogP contribution in [-0.4, -0.2) is 83.1 Å². The number of hydrogen-bond acceptors (Lipinski definition) is 7. The lowest BCUT2D eigenvalue weighted by Crippen LogP contribution is -2.49. The van der Waals surface area contributed by atoms with E-state index in [1.165, 1.54) is 0 Å². The van der Waals surface area contributed by atoms with Gasteiger partial charge in [-0.25, -0.2) is 5.01 Å². The molecule has 1 aliphatic rings. The summed E-state index contributed by atoms with van der Waals surface area (Å²) in [5.74, 6) is -0.550. The van der Waals surface area contributed by atoms with E-state index in [0.717, 1.165) is 23.1 Å². The highest BCUT2D eigenvalue weighted by molar-refractivity contribution is 6.01. The molecule has 0 spiro atoms. The lowest BCUT2D eigenvalue weighted by atomic mass is 10.00. The van der Waals surface area contributed by atoms with Gasteiger partial charge in [0.1, 0.15) is 6.04 Å². The Hall–Kier alpha value is -4.12. The predicted molar refractivity (Wildman–Crippen MR) is 170 cm³/mol. The number of likely N-dealkylation sites (tertiary alicyclic amines) is 1. The highest BCUT2D eigenvalue weighted by Crippen LogP contribution is 2.21. The van der Waals surface area contributed by atoms with Gasteiger partial charge < -0.3 is 20.6 Å². The third-order valence-corrected chi connectivity index (χ3v) is 7.77. The zero-order valence-electron chi connectivity index (χ0n) is 26.0. The van der Waals surface area contributed by atoms with E-state index in [9.17, 15) is 19.5 Å². The number of benzene rings is 2. The highest BCUT2D eigenvalue weighted by atomic mass is 16.3. The molecule has 0 saturated carbocycles. The summed E-state index contributed by atoms with van der Waals surface area (Å²) in [6, 6.07) is 17.2. The third kappa shape index (κ3) is 8.95. The molecule has 2 aromatic carbocycles. The van der Waals surface area contributed by atoms with E-state index in [2.05, 4.69) is 41.0 Å². The van der Waals surface area contributed by atoms with Gasteiger partial charge in [0.25, 0.3) is 17.7 Å². The number of carbonyl (C=O) groups excluding carboxylic acids is 3. The van der Waals surface area contributed by atoms with Crippen molar-refractivity contribution < 1.29 is 19.5 Å². The lowest BCUT2D eigenvalue weighted by molar-refractivity contribution is -0.128. The van der Waals surface area contributed by atoms with Gasteiger partial charge in [0, 0.05) is 57.3 Å². The fraction of sp³-hybridized carbons (Fsp3) is 0.412. The maximum Gasteiger partial charge on any atom is 0.257 e. The molecule has 1 saturated heterocycles. The van der Waals surface area contributed by atoms with Gasteiger partial charge in [0.2, 0.25) is 0 Å². The molecule has 1 aliphatic heterocycles. The lowest BCUT2D eigenvalue weighted by Gasteiger charge is -2.26. The average molecular weight is 601 g/mol. The van der Waals surface area contributed by atoms with Crippen LogP contribution in [0.15, 0.2) is 73.1 Å². The number of aromatic nitrogens is 1. The number of pyridine rings is 1. The Labute approximate surface area is 259 Å². The molecule has 44 heavy (non-hydrogen) atoms. The first kappa shape index (κ1) is 32.8. The number of nitrogens with one attached hydrogen (secondary N) is 3. The molecule has 2 heterocycles. The molecule has 10 heteroatoms. The highest BCUT2D eigenvalue weighted by Gasteiger charge is 2.35. The van der Waals surface area contributed by atoms with Gasteiger partial charge in [0.15, 0.2) is 0 Å². The Morgan fingerprint density at radius 1 is 1.00 bits per heavy atom. The Kier molecular flexibility index (Phi) is 11.6. The normalized spacial score (nSPS) is 16.2. The number of aliphatic hydroxyl groups excluding tert-OH is 1. The van der Waals surface area contributed by atoms with Crippen molar-refractivity contribution in [3.8, 4) is 0 Å². The summed E-state index contributed by atoms with van der Waals surface area (Å²) in [5, 5.41) is 19.1. The summed E-state index contributed by atoms with van der Waals surface area (Å²) in [5.41, 5.74) is 6.53. The Morgan fingerprint density at radius 3 is 2.48 bits per heavy atom. The predicted octanol–water partition coefficient (Wildman–Crippen LogP) is 2.89. The van der Waals surface area contributed by atoms with Crippen molar-refractivity contribution in [2.24, 2.45) is 0 Å². The van der Waals surface area contributed by atoms with Gasteiger partial charge in [-0.2, -0.15) is 0 Å². The van der Waals surface area contributed by atoms with Crippen LogP contribution in [0.4, 0.5) is 0 Å².